The number of amides is 2. The van der Waals surface area contributed by atoms with Crippen molar-refractivity contribution in [2.75, 3.05) is 0 Å². The van der Waals surface area contributed by atoms with Crippen LogP contribution in [0, 0.1) is 0 Å². The maximum absolute atomic E-state index is 12.8. The molecule has 2 atom stereocenters. The summed E-state index contributed by atoms with van der Waals surface area (Å²) in [6.45, 7) is 1.79. The Balaban J connectivity index is 2.19. The lowest BCUT2D eigenvalue weighted by atomic mass is 10.0. The van der Waals surface area contributed by atoms with E-state index in [4.69, 9.17) is 17.2 Å². The predicted molar refractivity (Wildman–Crippen MR) is 101 cm³/mol. The third-order valence-electron chi connectivity index (χ3n) is 4.04. The molecule has 2 amide bonds. The molecule has 1 aromatic carbocycles. The standard InChI is InChI=1S/C18H21F3N6O/c1-10(11-5-3-2-4-6-11)26-17(28)27-14-9-13(22)12(7-8-25-14)15(23)16(24)18(19,20)21/h2-6,8-10,16H,7,22-24H2,1H3,(H,26,28)/b15-12-,27-14-. The molecule has 2 rings (SSSR count). The Morgan fingerprint density at radius 2 is 1.93 bits per heavy atom. The smallest absolute Gasteiger partial charge is 0.400 e. The van der Waals surface area contributed by atoms with Crippen LogP contribution in [0.1, 0.15) is 24.9 Å². The SMILES string of the molecule is CC(NC(=O)/N=C1C=C(N)/C(=C(\N)C(N)C(F)(F)F)CC=N/1)c1ccccc1. The van der Waals surface area contributed by atoms with E-state index in [2.05, 4.69) is 15.3 Å². The summed E-state index contributed by atoms with van der Waals surface area (Å²) in [5.41, 5.74) is 16.7. The number of hydrogen-bond donors (Lipinski definition) is 4. The van der Waals surface area contributed by atoms with Gasteiger partial charge in [-0.3, -0.25) is 0 Å². The average molecular weight is 394 g/mol. The number of amidine groups is 1. The van der Waals surface area contributed by atoms with Gasteiger partial charge in [0.15, 0.2) is 5.84 Å². The molecule has 2 unspecified atom stereocenters. The van der Waals surface area contributed by atoms with Gasteiger partial charge in [-0.25, -0.2) is 9.79 Å². The van der Waals surface area contributed by atoms with Crippen LogP contribution in [0.3, 0.4) is 0 Å². The molecular formula is C18H21F3N6O. The minimum absolute atomic E-state index is 0.00293. The summed E-state index contributed by atoms with van der Waals surface area (Å²) in [4.78, 5) is 19.9. The van der Waals surface area contributed by atoms with Crippen molar-refractivity contribution in [3.05, 3.63) is 58.9 Å². The van der Waals surface area contributed by atoms with Crippen LogP contribution < -0.4 is 22.5 Å². The molecule has 0 fully saturated rings. The highest BCUT2D eigenvalue weighted by Crippen LogP contribution is 2.25. The molecule has 150 valence electrons. The number of benzene rings is 1. The van der Waals surface area contributed by atoms with Crippen LogP contribution in [0.5, 0.6) is 0 Å². The topological polar surface area (TPSA) is 132 Å². The first-order valence-corrected chi connectivity index (χ1v) is 8.34. The zero-order valence-corrected chi connectivity index (χ0v) is 15.1. The van der Waals surface area contributed by atoms with E-state index in [9.17, 15) is 18.0 Å². The lowest BCUT2D eigenvalue weighted by Gasteiger charge is -2.19. The Kier molecular flexibility index (Phi) is 6.57. The van der Waals surface area contributed by atoms with Crippen molar-refractivity contribution < 1.29 is 18.0 Å². The van der Waals surface area contributed by atoms with Crippen LogP contribution in [0.2, 0.25) is 0 Å². The average Bonchev–Trinajstić information content (AvgIpc) is 2.81. The largest absolute Gasteiger partial charge is 0.409 e. The van der Waals surface area contributed by atoms with Crippen molar-refractivity contribution in [3.63, 3.8) is 0 Å². The van der Waals surface area contributed by atoms with Gasteiger partial charge in [-0.05, 0) is 12.5 Å². The van der Waals surface area contributed by atoms with Gasteiger partial charge in [-0.2, -0.15) is 18.2 Å². The van der Waals surface area contributed by atoms with E-state index in [1.54, 1.807) is 6.92 Å². The Hall–Kier alpha value is -3.14. The lowest BCUT2D eigenvalue weighted by molar-refractivity contribution is -0.139. The summed E-state index contributed by atoms with van der Waals surface area (Å²) in [7, 11) is 0. The maximum atomic E-state index is 12.8. The minimum Gasteiger partial charge on any atom is -0.400 e. The maximum Gasteiger partial charge on any atom is 0.409 e. The van der Waals surface area contributed by atoms with Gasteiger partial charge in [-0.15, -0.1) is 0 Å². The van der Waals surface area contributed by atoms with Gasteiger partial charge >= 0.3 is 12.2 Å². The van der Waals surface area contributed by atoms with E-state index < -0.39 is 23.9 Å². The monoisotopic (exact) mass is 394 g/mol. The Labute approximate surface area is 159 Å². The van der Waals surface area contributed by atoms with Crippen molar-refractivity contribution in [1.82, 2.24) is 5.32 Å². The molecule has 0 saturated carbocycles. The normalized spacial score (nSPS) is 20.2. The number of nitrogens with one attached hydrogen (secondary N) is 1. The minimum atomic E-state index is -4.70. The first kappa shape index (κ1) is 21.2. The number of hydrogen-bond acceptors (Lipinski definition) is 4. The number of carbonyl (C=O) groups excluding carboxylic acids is 1. The number of aliphatic imine (C=N–C) groups is 2. The Bertz CT molecular complexity index is 843. The van der Waals surface area contributed by atoms with Gasteiger partial charge in [-0.1, -0.05) is 30.3 Å². The number of nitrogens with zero attached hydrogens (tertiary/aromatic N) is 2. The molecule has 0 spiro atoms. The van der Waals surface area contributed by atoms with Gasteiger partial charge in [0, 0.05) is 35.7 Å². The molecule has 0 bridgehead atoms. The molecule has 1 aromatic rings. The van der Waals surface area contributed by atoms with Gasteiger partial charge in [0.2, 0.25) is 0 Å². The number of carbonyl (C=O) groups is 1. The number of halogens is 3. The number of allylic oxidation sites excluding steroid dienone is 1. The second-order valence-corrected chi connectivity index (χ2v) is 6.12. The van der Waals surface area contributed by atoms with Crippen molar-refractivity contribution in [3.8, 4) is 0 Å². The summed E-state index contributed by atoms with van der Waals surface area (Å²) in [5, 5.41) is 2.67. The van der Waals surface area contributed by atoms with E-state index in [0.29, 0.717) is 0 Å². The van der Waals surface area contributed by atoms with Crippen LogP contribution in [0.15, 0.2) is 63.4 Å². The number of alkyl halides is 3. The van der Waals surface area contributed by atoms with E-state index in [0.717, 1.165) is 5.56 Å². The molecule has 1 aliphatic rings. The highest BCUT2D eigenvalue weighted by molar-refractivity contribution is 6.05. The van der Waals surface area contributed by atoms with Gasteiger partial charge < -0.3 is 22.5 Å². The molecule has 0 aromatic heterocycles. The van der Waals surface area contributed by atoms with Crippen LogP contribution >= 0.6 is 0 Å². The zero-order valence-electron chi connectivity index (χ0n) is 15.1. The Morgan fingerprint density at radius 3 is 2.54 bits per heavy atom. The summed E-state index contributed by atoms with van der Waals surface area (Å²) in [6.07, 6.45) is -2.32. The number of nitrogens with two attached hydrogens (primary N) is 3. The van der Waals surface area contributed by atoms with Crippen LogP contribution in [0.25, 0.3) is 0 Å². The zero-order chi connectivity index (χ0) is 20.9. The van der Waals surface area contributed by atoms with Crippen LogP contribution in [-0.2, 0) is 0 Å². The molecule has 0 radical (unpaired) electrons. The fraction of sp³-hybridized carbons (Fsp3) is 0.278. The Morgan fingerprint density at radius 1 is 1.29 bits per heavy atom. The van der Waals surface area contributed by atoms with E-state index in [1.165, 1.54) is 12.3 Å². The fourth-order valence-corrected chi connectivity index (χ4v) is 2.47. The molecular weight excluding hydrogens is 373 g/mol. The van der Waals surface area contributed by atoms with Crippen molar-refractivity contribution >= 4 is 18.1 Å². The van der Waals surface area contributed by atoms with Crippen LogP contribution in [-0.4, -0.2) is 30.3 Å². The molecule has 7 N–H and O–H groups in total. The molecule has 0 aliphatic carbocycles. The summed E-state index contributed by atoms with van der Waals surface area (Å²) >= 11 is 0. The number of urea groups is 1. The third-order valence-corrected chi connectivity index (χ3v) is 4.04. The van der Waals surface area contributed by atoms with Crippen molar-refractivity contribution in [1.29, 1.82) is 0 Å². The van der Waals surface area contributed by atoms with Gasteiger partial charge in [0.25, 0.3) is 0 Å². The van der Waals surface area contributed by atoms with Gasteiger partial charge in [0.05, 0.1) is 6.04 Å². The van der Waals surface area contributed by atoms with Gasteiger partial charge in [0.1, 0.15) is 6.04 Å². The first-order chi connectivity index (χ1) is 13.1. The first-order valence-electron chi connectivity index (χ1n) is 8.34. The van der Waals surface area contributed by atoms with Crippen molar-refractivity contribution in [2.24, 2.45) is 27.2 Å². The molecule has 1 heterocycles. The van der Waals surface area contributed by atoms with E-state index in [1.807, 2.05) is 30.3 Å². The third kappa shape index (κ3) is 5.43. The highest BCUT2D eigenvalue weighted by atomic mass is 19.4. The quantitative estimate of drug-likeness (QED) is 0.626. The van der Waals surface area contributed by atoms with E-state index >= 15 is 0 Å². The predicted octanol–water partition coefficient (Wildman–Crippen LogP) is 2.28. The van der Waals surface area contributed by atoms with Crippen molar-refractivity contribution in [2.45, 2.75) is 31.6 Å². The second kappa shape index (κ2) is 8.70. The molecule has 7 nitrogen and oxygen atoms in total. The fourth-order valence-electron chi connectivity index (χ4n) is 2.47. The van der Waals surface area contributed by atoms with E-state index in [-0.39, 0.29) is 29.6 Å². The summed E-state index contributed by atoms with van der Waals surface area (Å²) in [6, 6.07) is 5.92. The number of rotatable bonds is 3. The summed E-state index contributed by atoms with van der Waals surface area (Å²) < 4.78 is 38.4. The highest BCUT2D eigenvalue weighted by Gasteiger charge is 2.39. The summed E-state index contributed by atoms with van der Waals surface area (Å²) in [5.74, 6) is -0.0568. The second-order valence-electron chi connectivity index (χ2n) is 6.12. The van der Waals surface area contributed by atoms with Crippen LogP contribution in [0.4, 0.5) is 18.0 Å². The molecule has 28 heavy (non-hydrogen) atoms. The molecule has 0 saturated heterocycles. The lowest BCUT2D eigenvalue weighted by Crippen LogP contribution is -2.42. The molecule has 1 aliphatic heterocycles. The molecule has 10 heteroatoms.